The molecule has 0 aliphatic heterocycles. The minimum Gasteiger partial charge on any atom is -0.456 e. The zero-order valence-electron chi connectivity index (χ0n) is 32.0. The SMILES string of the molecule is C1=CC2=CC(c3nc(-c4ccc5ccccc5c4)nc(-c4ccc5cc(-c6c(-c7ccc8ccccc8c7)ccc7oc8ccccc8c67)ccc5c4)n3)=CCC2C=C1. The average molecular weight is 754 g/mol. The molecule has 0 N–H and O–H groups in total. The van der Waals surface area contributed by atoms with E-state index in [1.165, 1.54) is 32.9 Å². The number of furan rings is 1. The highest BCUT2D eigenvalue weighted by atomic mass is 16.3. The van der Waals surface area contributed by atoms with Gasteiger partial charge in [0, 0.05) is 39.0 Å². The van der Waals surface area contributed by atoms with Gasteiger partial charge in [0.1, 0.15) is 11.2 Å². The zero-order chi connectivity index (χ0) is 38.9. The average Bonchev–Trinajstić information content (AvgIpc) is 3.69. The predicted molar refractivity (Wildman–Crippen MR) is 244 cm³/mol. The van der Waals surface area contributed by atoms with Gasteiger partial charge in [-0.25, -0.2) is 15.0 Å². The molecule has 0 radical (unpaired) electrons. The lowest BCUT2D eigenvalue weighted by atomic mass is 9.85. The summed E-state index contributed by atoms with van der Waals surface area (Å²) in [7, 11) is 0. The Morgan fingerprint density at radius 3 is 1.80 bits per heavy atom. The van der Waals surface area contributed by atoms with Gasteiger partial charge in [-0.05, 0) is 103 Å². The Morgan fingerprint density at radius 2 is 1.05 bits per heavy atom. The van der Waals surface area contributed by atoms with Crippen molar-refractivity contribution in [1.82, 2.24) is 15.0 Å². The van der Waals surface area contributed by atoms with Gasteiger partial charge >= 0.3 is 0 Å². The number of aromatic nitrogens is 3. The Morgan fingerprint density at radius 1 is 0.475 bits per heavy atom. The molecule has 8 aromatic carbocycles. The summed E-state index contributed by atoms with van der Waals surface area (Å²) in [6.07, 6.45) is 14.1. The van der Waals surface area contributed by atoms with Crippen LogP contribution in [-0.4, -0.2) is 15.0 Å². The van der Waals surface area contributed by atoms with Crippen LogP contribution in [-0.2, 0) is 0 Å². The van der Waals surface area contributed by atoms with E-state index in [4.69, 9.17) is 19.4 Å². The van der Waals surface area contributed by atoms with Crippen molar-refractivity contribution < 1.29 is 4.42 Å². The van der Waals surface area contributed by atoms with Crippen molar-refractivity contribution in [3.63, 3.8) is 0 Å². The number of allylic oxidation sites excluding steroid dienone is 8. The van der Waals surface area contributed by atoms with Crippen LogP contribution in [0.4, 0.5) is 0 Å². The standard InChI is InChI=1S/C55H35N3O/c1-4-12-37-29-42(22-17-34(37)9-1)47-27-28-50-52(48-15-7-8-16-49(48)59-50)51(47)43-23-20-41-33-46(26-21-40(41)30-43)55-57-53(44-24-18-35-10-2-5-13-38(35)31-44)56-54(58-55)45-25-19-36-11-3-6-14-39(36)32-45/h1-18,20-33,36H,19H2. The van der Waals surface area contributed by atoms with Gasteiger partial charge in [0.15, 0.2) is 17.5 Å². The Kier molecular flexibility index (Phi) is 7.63. The van der Waals surface area contributed by atoms with Crippen LogP contribution >= 0.6 is 0 Å². The number of hydrogen-bond acceptors (Lipinski definition) is 4. The van der Waals surface area contributed by atoms with Gasteiger partial charge < -0.3 is 4.42 Å². The molecule has 276 valence electrons. The predicted octanol–water partition coefficient (Wildman–Crippen LogP) is 14.4. The van der Waals surface area contributed by atoms with Gasteiger partial charge in [0.05, 0.1) is 0 Å². The van der Waals surface area contributed by atoms with Crippen molar-refractivity contribution in [3.05, 3.63) is 206 Å². The van der Waals surface area contributed by atoms with Crippen LogP contribution in [0.5, 0.6) is 0 Å². The summed E-state index contributed by atoms with van der Waals surface area (Å²) >= 11 is 0. The van der Waals surface area contributed by atoms with Gasteiger partial charge in [-0.3, -0.25) is 0 Å². The molecule has 4 nitrogen and oxygen atoms in total. The van der Waals surface area contributed by atoms with Crippen LogP contribution < -0.4 is 0 Å². The Labute approximate surface area is 340 Å². The fourth-order valence-corrected chi connectivity index (χ4v) is 8.96. The maximum absolute atomic E-state index is 6.44. The molecule has 59 heavy (non-hydrogen) atoms. The van der Waals surface area contributed by atoms with E-state index in [0.29, 0.717) is 23.4 Å². The molecular formula is C55H35N3O. The lowest BCUT2D eigenvalue weighted by Gasteiger charge is -2.20. The van der Waals surface area contributed by atoms with Gasteiger partial charge in [0.25, 0.3) is 0 Å². The second-order valence-electron chi connectivity index (χ2n) is 15.6. The Bertz CT molecular complexity index is 3490. The molecule has 1 unspecified atom stereocenters. The summed E-state index contributed by atoms with van der Waals surface area (Å²) < 4.78 is 6.44. The van der Waals surface area contributed by atoms with Crippen molar-refractivity contribution in [2.24, 2.45) is 5.92 Å². The summed E-state index contributed by atoms with van der Waals surface area (Å²) in [6, 6.07) is 56.1. The lowest BCUT2D eigenvalue weighted by Crippen LogP contribution is -2.08. The highest BCUT2D eigenvalue weighted by molar-refractivity contribution is 6.16. The van der Waals surface area contributed by atoms with Gasteiger partial charge in [0.2, 0.25) is 0 Å². The molecule has 0 spiro atoms. The topological polar surface area (TPSA) is 51.8 Å². The second kappa shape index (κ2) is 13.5. The van der Waals surface area contributed by atoms with Crippen LogP contribution in [0.2, 0.25) is 0 Å². The number of benzene rings is 8. The van der Waals surface area contributed by atoms with E-state index in [-0.39, 0.29) is 0 Å². The molecule has 4 heteroatoms. The third-order valence-electron chi connectivity index (χ3n) is 12.0. The minimum atomic E-state index is 0.387. The quantitative estimate of drug-likeness (QED) is 0.176. The molecule has 0 bridgehead atoms. The molecule has 0 saturated carbocycles. The third-order valence-corrected chi connectivity index (χ3v) is 12.0. The Hall–Kier alpha value is -7.69. The first-order valence-electron chi connectivity index (χ1n) is 20.2. The number of nitrogens with zero attached hydrogens (tertiary/aromatic N) is 3. The van der Waals surface area contributed by atoms with Gasteiger partial charge in [-0.1, -0.05) is 152 Å². The van der Waals surface area contributed by atoms with E-state index < -0.39 is 0 Å². The first kappa shape index (κ1) is 33.4. The van der Waals surface area contributed by atoms with Gasteiger partial charge in [-0.2, -0.15) is 0 Å². The van der Waals surface area contributed by atoms with E-state index >= 15 is 0 Å². The molecule has 0 amide bonds. The van der Waals surface area contributed by atoms with E-state index in [9.17, 15) is 0 Å². The smallest absolute Gasteiger partial charge is 0.164 e. The largest absolute Gasteiger partial charge is 0.456 e. The first-order chi connectivity index (χ1) is 29.2. The minimum absolute atomic E-state index is 0.387. The number of para-hydroxylation sites is 1. The fourth-order valence-electron chi connectivity index (χ4n) is 8.96. The van der Waals surface area contributed by atoms with E-state index in [1.807, 2.05) is 6.07 Å². The molecule has 2 heterocycles. The molecular weight excluding hydrogens is 719 g/mol. The third kappa shape index (κ3) is 5.80. The zero-order valence-corrected chi connectivity index (χ0v) is 32.0. The normalized spacial score (nSPS) is 14.9. The van der Waals surface area contributed by atoms with Crippen molar-refractivity contribution in [2.75, 3.05) is 0 Å². The number of hydrogen-bond donors (Lipinski definition) is 0. The van der Waals surface area contributed by atoms with E-state index in [1.54, 1.807) is 0 Å². The van der Waals surface area contributed by atoms with Crippen LogP contribution in [0.15, 0.2) is 204 Å². The molecule has 2 aliphatic carbocycles. The van der Waals surface area contributed by atoms with Crippen molar-refractivity contribution in [2.45, 2.75) is 6.42 Å². The highest BCUT2D eigenvalue weighted by Crippen LogP contribution is 2.44. The second-order valence-corrected chi connectivity index (χ2v) is 15.6. The monoisotopic (exact) mass is 753 g/mol. The van der Waals surface area contributed by atoms with Crippen LogP contribution in [0.1, 0.15) is 12.2 Å². The van der Waals surface area contributed by atoms with Crippen molar-refractivity contribution in [3.8, 4) is 45.0 Å². The molecule has 2 aliphatic rings. The molecule has 10 aromatic rings. The maximum Gasteiger partial charge on any atom is 0.164 e. The maximum atomic E-state index is 6.44. The molecule has 0 fully saturated rings. The van der Waals surface area contributed by atoms with Crippen LogP contribution in [0, 0.1) is 5.92 Å². The van der Waals surface area contributed by atoms with E-state index in [0.717, 1.165) is 72.3 Å². The summed E-state index contributed by atoms with van der Waals surface area (Å²) in [4.78, 5) is 15.4. The number of rotatable bonds is 5. The summed E-state index contributed by atoms with van der Waals surface area (Å²) in [6.45, 7) is 0. The van der Waals surface area contributed by atoms with Crippen LogP contribution in [0.3, 0.4) is 0 Å². The van der Waals surface area contributed by atoms with Crippen molar-refractivity contribution in [1.29, 1.82) is 0 Å². The fraction of sp³-hybridized carbons (Fsp3) is 0.0364. The molecule has 1 atom stereocenters. The summed E-state index contributed by atoms with van der Waals surface area (Å²) in [5, 5.41) is 9.25. The highest BCUT2D eigenvalue weighted by Gasteiger charge is 2.21. The molecule has 12 rings (SSSR count). The Balaban J connectivity index is 1.00. The summed E-state index contributed by atoms with van der Waals surface area (Å²) in [5.41, 5.74) is 10.6. The van der Waals surface area contributed by atoms with Crippen LogP contribution in [0.25, 0.3) is 105 Å². The summed E-state index contributed by atoms with van der Waals surface area (Å²) in [5.74, 6) is 2.38. The number of fused-ring (bicyclic) bond motifs is 7. The molecule has 2 aromatic heterocycles. The van der Waals surface area contributed by atoms with Gasteiger partial charge in [-0.15, -0.1) is 0 Å². The first-order valence-corrected chi connectivity index (χ1v) is 20.2. The lowest BCUT2D eigenvalue weighted by molar-refractivity contribution is 0.669. The van der Waals surface area contributed by atoms with Crippen molar-refractivity contribution >= 4 is 59.8 Å². The molecule has 0 saturated heterocycles. The van der Waals surface area contributed by atoms with E-state index in [2.05, 4.69) is 188 Å².